The van der Waals surface area contributed by atoms with Gasteiger partial charge >= 0.3 is 0 Å². The van der Waals surface area contributed by atoms with E-state index in [1.807, 2.05) is 12.1 Å². The Morgan fingerprint density at radius 1 is 1.10 bits per heavy atom. The number of nitrogens with two attached hydrogens (primary N) is 1. The molecule has 7 heteroatoms. The van der Waals surface area contributed by atoms with Crippen molar-refractivity contribution in [1.29, 1.82) is 0 Å². The van der Waals surface area contributed by atoms with Crippen molar-refractivity contribution in [3.63, 3.8) is 0 Å². The van der Waals surface area contributed by atoms with Gasteiger partial charge in [-0.25, -0.2) is 0 Å². The van der Waals surface area contributed by atoms with Crippen LogP contribution >= 0.6 is 39.1 Å². The summed E-state index contributed by atoms with van der Waals surface area (Å²) in [5, 5.41) is 5.12. The van der Waals surface area contributed by atoms with Gasteiger partial charge in [-0.2, -0.15) is 4.98 Å². The average molecular weight is 385 g/mol. The van der Waals surface area contributed by atoms with Gasteiger partial charge in [0.15, 0.2) is 0 Å². The minimum Gasteiger partial charge on any atom is -0.398 e. The van der Waals surface area contributed by atoms with Crippen LogP contribution in [0.5, 0.6) is 0 Å². The fraction of sp³-hybridized carbons (Fsp3) is 0. The van der Waals surface area contributed by atoms with Gasteiger partial charge in [-0.1, -0.05) is 28.4 Å². The molecule has 0 radical (unpaired) electrons. The lowest BCUT2D eigenvalue weighted by Gasteiger charge is -2.00. The Kier molecular flexibility index (Phi) is 3.89. The van der Waals surface area contributed by atoms with E-state index in [0.29, 0.717) is 33.0 Å². The van der Waals surface area contributed by atoms with E-state index in [2.05, 4.69) is 26.1 Å². The topological polar surface area (TPSA) is 64.9 Å². The summed E-state index contributed by atoms with van der Waals surface area (Å²) in [6.45, 7) is 0. The van der Waals surface area contributed by atoms with Gasteiger partial charge in [-0.05, 0) is 52.3 Å². The zero-order valence-electron chi connectivity index (χ0n) is 10.5. The highest BCUT2D eigenvalue weighted by Crippen LogP contribution is 2.31. The lowest BCUT2D eigenvalue weighted by atomic mass is 10.2. The third-order valence-corrected chi connectivity index (χ3v) is 4.30. The van der Waals surface area contributed by atoms with Crippen LogP contribution < -0.4 is 5.73 Å². The minimum atomic E-state index is 0.316. The molecule has 0 amide bonds. The lowest BCUT2D eigenvalue weighted by molar-refractivity contribution is 0.432. The van der Waals surface area contributed by atoms with Gasteiger partial charge in [-0.3, -0.25) is 0 Å². The van der Waals surface area contributed by atoms with E-state index in [-0.39, 0.29) is 0 Å². The predicted molar refractivity (Wildman–Crippen MR) is 87.3 cm³/mol. The summed E-state index contributed by atoms with van der Waals surface area (Å²) < 4.78 is 6.02. The monoisotopic (exact) mass is 383 g/mol. The summed E-state index contributed by atoms with van der Waals surface area (Å²) in [6, 6.07) is 10.5. The van der Waals surface area contributed by atoms with Crippen molar-refractivity contribution in [3.05, 3.63) is 50.9 Å². The molecule has 21 heavy (non-hydrogen) atoms. The maximum Gasteiger partial charge on any atom is 0.260 e. The molecule has 0 atom stereocenters. The fourth-order valence-electron chi connectivity index (χ4n) is 1.80. The molecular weight excluding hydrogens is 377 g/mol. The van der Waals surface area contributed by atoms with Gasteiger partial charge in [0.2, 0.25) is 5.82 Å². The number of hydrogen-bond acceptors (Lipinski definition) is 4. The van der Waals surface area contributed by atoms with E-state index >= 15 is 0 Å². The van der Waals surface area contributed by atoms with E-state index in [0.717, 1.165) is 10.0 Å². The molecule has 2 N–H and O–H groups in total. The number of halogens is 3. The van der Waals surface area contributed by atoms with E-state index in [1.165, 1.54) is 0 Å². The molecule has 0 saturated heterocycles. The van der Waals surface area contributed by atoms with Crippen molar-refractivity contribution >= 4 is 44.8 Å². The van der Waals surface area contributed by atoms with Crippen LogP contribution in [-0.4, -0.2) is 10.1 Å². The van der Waals surface area contributed by atoms with E-state index < -0.39 is 0 Å². The van der Waals surface area contributed by atoms with Gasteiger partial charge in [-0.15, -0.1) is 0 Å². The predicted octanol–water partition coefficient (Wildman–Crippen LogP) is 5.06. The van der Waals surface area contributed by atoms with E-state index in [4.69, 9.17) is 33.5 Å². The average Bonchev–Trinajstić information content (AvgIpc) is 2.94. The first kappa shape index (κ1) is 14.4. The molecule has 2 aromatic carbocycles. The van der Waals surface area contributed by atoms with Crippen LogP contribution in [0.1, 0.15) is 0 Å². The maximum absolute atomic E-state index is 5.97. The van der Waals surface area contributed by atoms with Crippen LogP contribution in [-0.2, 0) is 0 Å². The summed E-state index contributed by atoms with van der Waals surface area (Å²) >= 11 is 15.3. The van der Waals surface area contributed by atoms with Crippen LogP contribution in [0.4, 0.5) is 5.69 Å². The number of nitrogens with zero attached hydrogens (tertiary/aromatic N) is 2. The summed E-state index contributed by atoms with van der Waals surface area (Å²) in [7, 11) is 0. The Labute approximate surface area is 139 Å². The molecule has 1 aromatic heterocycles. The number of benzene rings is 2. The quantitative estimate of drug-likeness (QED) is 0.627. The van der Waals surface area contributed by atoms with Gasteiger partial charge in [0.25, 0.3) is 5.89 Å². The lowest BCUT2D eigenvalue weighted by Crippen LogP contribution is -1.90. The van der Waals surface area contributed by atoms with Crippen molar-refractivity contribution in [2.24, 2.45) is 0 Å². The number of aromatic nitrogens is 2. The smallest absolute Gasteiger partial charge is 0.260 e. The second-order valence-corrected chi connectivity index (χ2v) is 5.98. The molecule has 0 aliphatic heterocycles. The summed E-state index contributed by atoms with van der Waals surface area (Å²) in [5.41, 5.74) is 7.81. The molecule has 106 valence electrons. The standard InChI is InChI=1S/C14H8BrCl2N3O/c15-10-5-7(1-3-11(10)17)13-19-14(21-20-13)9-6-8(16)2-4-12(9)18/h1-6H,18H2. The Morgan fingerprint density at radius 3 is 2.67 bits per heavy atom. The van der Waals surface area contributed by atoms with Crippen molar-refractivity contribution in [2.45, 2.75) is 0 Å². The van der Waals surface area contributed by atoms with Gasteiger partial charge in [0.1, 0.15) is 0 Å². The molecule has 3 aromatic rings. The van der Waals surface area contributed by atoms with Gasteiger partial charge in [0, 0.05) is 20.7 Å². The molecule has 0 aliphatic carbocycles. The normalized spacial score (nSPS) is 10.8. The highest BCUT2D eigenvalue weighted by atomic mass is 79.9. The summed E-state index contributed by atoms with van der Waals surface area (Å²) in [4.78, 5) is 4.34. The number of anilines is 1. The van der Waals surface area contributed by atoms with Gasteiger partial charge < -0.3 is 10.3 Å². The third kappa shape index (κ3) is 2.90. The molecule has 0 fully saturated rings. The zero-order valence-corrected chi connectivity index (χ0v) is 13.6. The van der Waals surface area contributed by atoms with Crippen LogP contribution in [0.2, 0.25) is 10.0 Å². The SMILES string of the molecule is Nc1ccc(Cl)cc1-c1nc(-c2ccc(Cl)c(Br)c2)no1. The number of rotatable bonds is 2. The van der Waals surface area contributed by atoms with Crippen LogP contribution in [0.3, 0.4) is 0 Å². The van der Waals surface area contributed by atoms with Crippen molar-refractivity contribution in [2.75, 3.05) is 5.73 Å². The third-order valence-electron chi connectivity index (χ3n) is 2.85. The highest BCUT2D eigenvalue weighted by Gasteiger charge is 2.14. The maximum atomic E-state index is 5.97. The van der Waals surface area contributed by atoms with Gasteiger partial charge in [0.05, 0.1) is 10.6 Å². The molecule has 3 rings (SSSR count). The Morgan fingerprint density at radius 2 is 1.90 bits per heavy atom. The zero-order chi connectivity index (χ0) is 15.0. The highest BCUT2D eigenvalue weighted by molar-refractivity contribution is 9.10. The summed E-state index contributed by atoms with van der Waals surface area (Å²) in [5.74, 6) is 0.762. The number of nitrogen functional groups attached to an aromatic ring is 1. The Bertz CT molecular complexity index is 820. The van der Waals surface area contributed by atoms with E-state index in [1.54, 1.807) is 24.3 Å². The first-order valence-corrected chi connectivity index (χ1v) is 7.44. The first-order chi connectivity index (χ1) is 10.0. The van der Waals surface area contributed by atoms with E-state index in [9.17, 15) is 0 Å². The van der Waals surface area contributed by atoms with Crippen molar-refractivity contribution in [3.8, 4) is 22.8 Å². The van der Waals surface area contributed by atoms with Crippen LogP contribution in [0, 0.1) is 0 Å². The largest absolute Gasteiger partial charge is 0.398 e. The molecule has 0 spiro atoms. The second-order valence-electron chi connectivity index (χ2n) is 4.28. The molecule has 0 aliphatic rings. The molecule has 0 bridgehead atoms. The van der Waals surface area contributed by atoms with Crippen molar-refractivity contribution in [1.82, 2.24) is 10.1 Å². The number of hydrogen-bond donors (Lipinski definition) is 1. The molecule has 0 unspecified atom stereocenters. The molecular formula is C14H8BrCl2N3O. The minimum absolute atomic E-state index is 0.316. The summed E-state index contributed by atoms with van der Waals surface area (Å²) in [6.07, 6.45) is 0. The molecule has 1 heterocycles. The second kappa shape index (κ2) is 5.67. The Hall–Kier alpha value is -1.56. The fourth-order valence-corrected chi connectivity index (χ4v) is 2.47. The Balaban J connectivity index is 2.03. The molecule has 0 saturated carbocycles. The van der Waals surface area contributed by atoms with Crippen LogP contribution in [0.15, 0.2) is 45.4 Å². The van der Waals surface area contributed by atoms with Crippen LogP contribution in [0.25, 0.3) is 22.8 Å². The van der Waals surface area contributed by atoms with Crippen molar-refractivity contribution < 1.29 is 4.52 Å². The molecule has 4 nitrogen and oxygen atoms in total. The first-order valence-electron chi connectivity index (χ1n) is 5.89.